The average molecular weight is 279 g/mol. The molecule has 0 saturated heterocycles. The van der Waals surface area contributed by atoms with Crippen molar-refractivity contribution in [3.8, 4) is 11.3 Å². The summed E-state index contributed by atoms with van der Waals surface area (Å²) in [7, 11) is 0. The molecule has 0 radical (unpaired) electrons. The molecule has 0 fully saturated rings. The van der Waals surface area contributed by atoms with Gasteiger partial charge in [0.25, 0.3) is 0 Å². The standard InChI is InChI=1S/C18H21N3/c1-10-6-7-21-15(8-10)20-17(18(21)19)16-13(4)11(2)9-12(3)14(16)5/h6-9H,19H2,1-5H3. The number of nitrogen functional groups attached to an aromatic ring is 1. The smallest absolute Gasteiger partial charge is 0.139 e. The highest BCUT2D eigenvalue weighted by molar-refractivity contribution is 5.80. The number of anilines is 1. The molecule has 3 rings (SSSR count). The van der Waals surface area contributed by atoms with Gasteiger partial charge in [-0.25, -0.2) is 4.98 Å². The van der Waals surface area contributed by atoms with Gasteiger partial charge in [0.1, 0.15) is 17.2 Å². The predicted octanol–water partition coefficient (Wildman–Crippen LogP) is 4.13. The van der Waals surface area contributed by atoms with E-state index in [-0.39, 0.29) is 0 Å². The fourth-order valence-corrected chi connectivity index (χ4v) is 2.92. The fraction of sp³-hybridized carbons (Fsp3) is 0.278. The Labute approximate surface area is 125 Å². The largest absolute Gasteiger partial charge is 0.383 e. The van der Waals surface area contributed by atoms with Crippen molar-refractivity contribution in [3.63, 3.8) is 0 Å². The zero-order valence-corrected chi connectivity index (χ0v) is 13.3. The zero-order chi connectivity index (χ0) is 15.3. The summed E-state index contributed by atoms with van der Waals surface area (Å²) in [5.74, 6) is 0.709. The van der Waals surface area contributed by atoms with Crippen LogP contribution in [0.25, 0.3) is 16.9 Å². The molecule has 0 atom stereocenters. The SMILES string of the molecule is Cc1ccn2c(N)c(-c3c(C)c(C)cc(C)c3C)nc2c1. The van der Waals surface area contributed by atoms with E-state index in [4.69, 9.17) is 10.7 Å². The minimum Gasteiger partial charge on any atom is -0.383 e. The van der Waals surface area contributed by atoms with Crippen LogP contribution in [0.4, 0.5) is 5.82 Å². The zero-order valence-electron chi connectivity index (χ0n) is 13.3. The summed E-state index contributed by atoms with van der Waals surface area (Å²) < 4.78 is 1.96. The highest BCUT2D eigenvalue weighted by Gasteiger charge is 2.17. The van der Waals surface area contributed by atoms with Gasteiger partial charge in [0.15, 0.2) is 0 Å². The number of aromatic nitrogens is 2. The molecule has 3 aromatic rings. The molecular formula is C18H21N3. The van der Waals surface area contributed by atoms with Crippen molar-refractivity contribution in [2.75, 3.05) is 5.73 Å². The second-order valence-corrected chi connectivity index (χ2v) is 5.91. The van der Waals surface area contributed by atoms with Crippen LogP contribution >= 0.6 is 0 Å². The summed E-state index contributed by atoms with van der Waals surface area (Å²) in [6.07, 6.45) is 1.99. The van der Waals surface area contributed by atoms with Crippen LogP contribution in [-0.2, 0) is 0 Å². The van der Waals surface area contributed by atoms with Gasteiger partial charge in [0, 0.05) is 11.8 Å². The number of hydrogen-bond donors (Lipinski definition) is 1. The normalized spacial score (nSPS) is 11.3. The van der Waals surface area contributed by atoms with Crippen LogP contribution in [0.1, 0.15) is 27.8 Å². The van der Waals surface area contributed by atoms with Gasteiger partial charge in [0.05, 0.1) is 0 Å². The lowest BCUT2D eigenvalue weighted by Crippen LogP contribution is -1.99. The molecule has 0 bridgehead atoms. The Morgan fingerprint density at radius 1 is 0.952 bits per heavy atom. The summed E-state index contributed by atoms with van der Waals surface area (Å²) >= 11 is 0. The molecule has 3 nitrogen and oxygen atoms in total. The second-order valence-electron chi connectivity index (χ2n) is 5.91. The van der Waals surface area contributed by atoms with Gasteiger partial charge in [-0.05, 0) is 74.6 Å². The third-order valence-corrected chi connectivity index (χ3v) is 4.42. The number of rotatable bonds is 1. The van der Waals surface area contributed by atoms with Gasteiger partial charge in [0.2, 0.25) is 0 Å². The van der Waals surface area contributed by atoms with E-state index in [9.17, 15) is 0 Å². The van der Waals surface area contributed by atoms with Crippen molar-refractivity contribution in [2.24, 2.45) is 0 Å². The number of imidazole rings is 1. The number of pyridine rings is 1. The van der Waals surface area contributed by atoms with Crippen molar-refractivity contribution in [2.45, 2.75) is 34.6 Å². The van der Waals surface area contributed by atoms with Crippen LogP contribution in [-0.4, -0.2) is 9.38 Å². The number of hydrogen-bond acceptors (Lipinski definition) is 2. The molecule has 2 N–H and O–H groups in total. The highest BCUT2D eigenvalue weighted by atomic mass is 15.1. The van der Waals surface area contributed by atoms with Crippen molar-refractivity contribution >= 4 is 11.5 Å². The predicted molar refractivity (Wildman–Crippen MR) is 88.7 cm³/mol. The van der Waals surface area contributed by atoms with Gasteiger partial charge in [-0.1, -0.05) is 6.07 Å². The first kappa shape index (κ1) is 13.7. The summed E-state index contributed by atoms with van der Waals surface area (Å²) in [4.78, 5) is 4.79. The molecule has 0 unspecified atom stereocenters. The number of nitrogens with two attached hydrogens (primary N) is 1. The number of benzene rings is 1. The number of fused-ring (bicyclic) bond motifs is 1. The molecular weight excluding hydrogens is 258 g/mol. The molecule has 2 heterocycles. The van der Waals surface area contributed by atoms with Gasteiger partial charge >= 0.3 is 0 Å². The maximum absolute atomic E-state index is 6.36. The van der Waals surface area contributed by atoms with Crippen LogP contribution in [0.3, 0.4) is 0 Å². The molecule has 3 heteroatoms. The Morgan fingerprint density at radius 2 is 1.57 bits per heavy atom. The molecule has 0 spiro atoms. The second kappa shape index (κ2) is 4.62. The first-order valence-corrected chi connectivity index (χ1v) is 7.22. The summed E-state index contributed by atoms with van der Waals surface area (Å²) in [5, 5.41) is 0. The first-order valence-electron chi connectivity index (χ1n) is 7.22. The van der Waals surface area contributed by atoms with Crippen molar-refractivity contribution in [3.05, 3.63) is 52.2 Å². The van der Waals surface area contributed by atoms with Crippen LogP contribution in [0, 0.1) is 34.6 Å². The quantitative estimate of drug-likeness (QED) is 0.728. The van der Waals surface area contributed by atoms with Crippen LogP contribution in [0.2, 0.25) is 0 Å². The molecule has 108 valence electrons. The Morgan fingerprint density at radius 3 is 2.19 bits per heavy atom. The first-order chi connectivity index (χ1) is 9.90. The van der Waals surface area contributed by atoms with E-state index < -0.39 is 0 Å². The lowest BCUT2D eigenvalue weighted by molar-refractivity contribution is 1.18. The molecule has 0 aliphatic rings. The molecule has 0 aliphatic carbocycles. The Kier molecular flexibility index (Phi) is 3.01. The molecule has 1 aromatic carbocycles. The van der Waals surface area contributed by atoms with Gasteiger partial charge in [-0.15, -0.1) is 0 Å². The third-order valence-electron chi connectivity index (χ3n) is 4.42. The Hall–Kier alpha value is -2.29. The van der Waals surface area contributed by atoms with Gasteiger partial charge in [-0.2, -0.15) is 0 Å². The van der Waals surface area contributed by atoms with E-state index in [2.05, 4.69) is 52.8 Å². The molecule has 21 heavy (non-hydrogen) atoms. The number of aryl methyl sites for hydroxylation is 3. The maximum Gasteiger partial charge on any atom is 0.139 e. The molecule has 2 aromatic heterocycles. The van der Waals surface area contributed by atoms with Crippen LogP contribution < -0.4 is 5.73 Å². The van der Waals surface area contributed by atoms with Crippen molar-refractivity contribution < 1.29 is 0 Å². The number of nitrogens with zero attached hydrogens (tertiary/aromatic N) is 2. The van der Waals surface area contributed by atoms with E-state index in [1.165, 1.54) is 33.4 Å². The third kappa shape index (κ3) is 2.00. The van der Waals surface area contributed by atoms with Crippen molar-refractivity contribution in [1.82, 2.24) is 9.38 Å². The minimum absolute atomic E-state index is 0.709. The van der Waals surface area contributed by atoms with E-state index >= 15 is 0 Å². The van der Waals surface area contributed by atoms with Crippen LogP contribution in [0.5, 0.6) is 0 Å². The van der Waals surface area contributed by atoms with Gasteiger partial charge in [-0.3, -0.25) is 4.40 Å². The summed E-state index contributed by atoms with van der Waals surface area (Å²) in [6.45, 7) is 10.6. The monoisotopic (exact) mass is 279 g/mol. The van der Waals surface area contributed by atoms with Crippen LogP contribution in [0.15, 0.2) is 24.4 Å². The summed E-state index contributed by atoms with van der Waals surface area (Å²) in [6, 6.07) is 6.34. The minimum atomic E-state index is 0.709. The molecule has 0 saturated carbocycles. The van der Waals surface area contributed by atoms with E-state index in [0.29, 0.717) is 5.82 Å². The summed E-state index contributed by atoms with van der Waals surface area (Å²) in [5.41, 5.74) is 15.6. The lowest BCUT2D eigenvalue weighted by Gasteiger charge is -2.14. The average Bonchev–Trinajstić information content (AvgIpc) is 2.74. The van der Waals surface area contributed by atoms with Gasteiger partial charge < -0.3 is 5.73 Å². The van der Waals surface area contributed by atoms with E-state index in [1.807, 2.05) is 10.6 Å². The highest BCUT2D eigenvalue weighted by Crippen LogP contribution is 2.34. The topological polar surface area (TPSA) is 43.3 Å². The molecule has 0 aliphatic heterocycles. The van der Waals surface area contributed by atoms with Crippen molar-refractivity contribution in [1.29, 1.82) is 0 Å². The fourth-order valence-electron chi connectivity index (χ4n) is 2.92. The van der Waals surface area contributed by atoms with E-state index in [1.54, 1.807) is 0 Å². The van der Waals surface area contributed by atoms with E-state index in [0.717, 1.165) is 11.3 Å². The Balaban J connectivity index is 2.38. The Bertz CT molecular complexity index is 831. The molecule has 0 amide bonds. The maximum atomic E-state index is 6.36. The lowest BCUT2D eigenvalue weighted by atomic mass is 9.92.